The minimum atomic E-state index is -0.353. The van der Waals surface area contributed by atoms with E-state index in [4.69, 9.17) is 9.47 Å². The summed E-state index contributed by atoms with van der Waals surface area (Å²) in [4.78, 5) is 24.4. The van der Waals surface area contributed by atoms with Gasteiger partial charge in [-0.05, 0) is 70.1 Å². The molecule has 5 nitrogen and oxygen atoms in total. The van der Waals surface area contributed by atoms with Gasteiger partial charge in [0.25, 0.3) is 0 Å². The molecule has 0 amide bonds. The predicted molar refractivity (Wildman–Crippen MR) is 152 cm³/mol. The number of aliphatic hydroxyl groups excluding tert-OH is 1. The minimum Gasteiger partial charge on any atom is -0.465 e. The molecule has 1 aliphatic rings. The van der Waals surface area contributed by atoms with Crippen LogP contribution < -0.4 is 0 Å². The second-order valence-electron chi connectivity index (χ2n) is 10.8. The highest BCUT2D eigenvalue weighted by Gasteiger charge is 2.27. The van der Waals surface area contributed by atoms with Crippen molar-refractivity contribution in [3.8, 4) is 0 Å². The molecule has 1 N–H and O–H groups in total. The third-order valence-electron chi connectivity index (χ3n) is 7.41. The molecular formula is C32H56O5. The second kappa shape index (κ2) is 23.5. The largest absolute Gasteiger partial charge is 0.465 e. The maximum Gasteiger partial charge on any atom is 0.308 e. The number of aliphatic hydroxyl groups is 1. The Kier molecular flexibility index (Phi) is 21.2. The lowest BCUT2D eigenvalue weighted by atomic mass is 9.80. The Balaban J connectivity index is 1.99. The Hall–Kier alpha value is -1.62. The van der Waals surface area contributed by atoms with Gasteiger partial charge in [0.1, 0.15) is 0 Å². The molecule has 0 bridgehead atoms. The van der Waals surface area contributed by atoms with Gasteiger partial charge in [-0.15, -0.1) is 0 Å². The molecule has 1 saturated carbocycles. The first-order valence-corrected chi connectivity index (χ1v) is 15.3. The van der Waals surface area contributed by atoms with E-state index in [2.05, 4.69) is 38.2 Å². The van der Waals surface area contributed by atoms with Crippen LogP contribution in [0.25, 0.3) is 0 Å². The van der Waals surface area contributed by atoms with E-state index < -0.39 is 0 Å². The highest BCUT2D eigenvalue weighted by atomic mass is 16.5. The fourth-order valence-electron chi connectivity index (χ4n) is 4.93. The Morgan fingerprint density at radius 3 is 2.05 bits per heavy atom. The molecule has 0 saturated heterocycles. The molecule has 1 atom stereocenters. The summed E-state index contributed by atoms with van der Waals surface area (Å²) in [5, 5.41) is 9.58. The Labute approximate surface area is 227 Å². The molecule has 1 fully saturated rings. The van der Waals surface area contributed by atoms with E-state index in [0.29, 0.717) is 6.42 Å². The average Bonchev–Trinajstić information content (AvgIpc) is 2.91. The summed E-state index contributed by atoms with van der Waals surface area (Å²) in [5.41, 5.74) is 0. The summed E-state index contributed by atoms with van der Waals surface area (Å²) in [7, 11) is 0. The summed E-state index contributed by atoms with van der Waals surface area (Å²) < 4.78 is 10.8. The first-order chi connectivity index (χ1) is 18.1. The van der Waals surface area contributed by atoms with E-state index in [0.717, 1.165) is 63.7 Å². The maximum atomic E-state index is 12.4. The van der Waals surface area contributed by atoms with Crippen LogP contribution in [0.4, 0.5) is 0 Å². The Bertz CT molecular complexity index is 619. The van der Waals surface area contributed by atoms with E-state index in [-0.39, 0.29) is 43.6 Å². The molecule has 5 heteroatoms. The van der Waals surface area contributed by atoms with Gasteiger partial charge >= 0.3 is 11.9 Å². The van der Waals surface area contributed by atoms with Gasteiger partial charge in [-0.25, -0.2) is 0 Å². The van der Waals surface area contributed by atoms with Crippen LogP contribution in [0, 0.1) is 17.8 Å². The van der Waals surface area contributed by atoms with E-state index in [9.17, 15) is 14.7 Å². The molecule has 0 aliphatic heterocycles. The summed E-state index contributed by atoms with van der Waals surface area (Å²) in [6, 6.07) is 0. The van der Waals surface area contributed by atoms with Crippen molar-refractivity contribution in [3.63, 3.8) is 0 Å². The molecule has 0 aromatic heterocycles. The van der Waals surface area contributed by atoms with Gasteiger partial charge in [-0.2, -0.15) is 0 Å². The van der Waals surface area contributed by atoms with E-state index in [1.165, 1.54) is 51.4 Å². The topological polar surface area (TPSA) is 72.8 Å². The second-order valence-corrected chi connectivity index (χ2v) is 10.8. The predicted octanol–water partition coefficient (Wildman–Crippen LogP) is 8.10. The van der Waals surface area contributed by atoms with Gasteiger partial charge in [0.05, 0.1) is 31.7 Å². The first-order valence-electron chi connectivity index (χ1n) is 15.3. The SMILES string of the molecule is CCCCC/C=C\C/C=C\CCCCCCCC(=O)OCC(CO)COC(=O)C1CCC(CCC)CC1. The van der Waals surface area contributed by atoms with Crippen LogP contribution in [-0.2, 0) is 19.1 Å². The molecule has 214 valence electrons. The third-order valence-corrected chi connectivity index (χ3v) is 7.41. The van der Waals surface area contributed by atoms with Gasteiger partial charge < -0.3 is 14.6 Å². The van der Waals surface area contributed by atoms with Crippen molar-refractivity contribution < 1.29 is 24.2 Å². The molecule has 1 aliphatic carbocycles. The Morgan fingerprint density at radius 1 is 0.784 bits per heavy atom. The van der Waals surface area contributed by atoms with Gasteiger partial charge in [0.15, 0.2) is 0 Å². The average molecular weight is 521 g/mol. The zero-order valence-corrected chi connectivity index (χ0v) is 24.0. The highest BCUT2D eigenvalue weighted by molar-refractivity contribution is 5.72. The number of allylic oxidation sites excluding steroid dienone is 4. The van der Waals surface area contributed by atoms with E-state index in [1.807, 2.05) is 0 Å². The fourth-order valence-corrected chi connectivity index (χ4v) is 4.93. The number of unbranched alkanes of at least 4 members (excludes halogenated alkanes) is 8. The van der Waals surface area contributed by atoms with Crippen molar-refractivity contribution in [2.75, 3.05) is 19.8 Å². The van der Waals surface area contributed by atoms with Crippen LogP contribution in [-0.4, -0.2) is 36.9 Å². The molecule has 37 heavy (non-hydrogen) atoms. The molecule has 0 aromatic rings. The van der Waals surface area contributed by atoms with Crippen molar-refractivity contribution in [1.82, 2.24) is 0 Å². The highest BCUT2D eigenvalue weighted by Crippen LogP contribution is 2.32. The van der Waals surface area contributed by atoms with Crippen molar-refractivity contribution in [1.29, 1.82) is 0 Å². The molecule has 1 rings (SSSR count). The molecule has 0 radical (unpaired) electrons. The normalized spacial score (nSPS) is 18.9. The van der Waals surface area contributed by atoms with Crippen LogP contribution in [0.3, 0.4) is 0 Å². The number of ether oxygens (including phenoxy) is 2. The van der Waals surface area contributed by atoms with Gasteiger partial charge in [0.2, 0.25) is 0 Å². The maximum absolute atomic E-state index is 12.4. The molecule has 1 unspecified atom stereocenters. The van der Waals surface area contributed by atoms with E-state index >= 15 is 0 Å². The summed E-state index contributed by atoms with van der Waals surface area (Å²) in [6.07, 6.45) is 28.6. The van der Waals surface area contributed by atoms with Crippen LogP contribution in [0.2, 0.25) is 0 Å². The molecule has 0 aromatic carbocycles. The minimum absolute atomic E-state index is 0.0201. The third kappa shape index (κ3) is 18.3. The van der Waals surface area contributed by atoms with Crippen molar-refractivity contribution in [2.45, 2.75) is 129 Å². The van der Waals surface area contributed by atoms with Crippen LogP contribution in [0.15, 0.2) is 24.3 Å². The summed E-state index contributed by atoms with van der Waals surface area (Å²) in [5.74, 6) is -0.0185. The molecule has 0 heterocycles. The van der Waals surface area contributed by atoms with Gasteiger partial charge in [-0.3, -0.25) is 9.59 Å². The quantitative estimate of drug-likeness (QED) is 0.0887. The Morgan fingerprint density at radius 2 is 1.41 bits per heavy atom. The smallest absolute Gasteiger partial charge is 0.308 e. The number of carbonyl (C=O) groups excluding carboxylic acids is 2. The summed E-state index contributed by atoms with van der Waals surface area (Å²) in [6.45, 7) is 4.50. The lowest BCUT2D eigenvalue weighted by Gasteiger charge is -2.27. The van der Waals surface area contributed by atoms with E-state index in [1.54, 1.807) is 0 Å². The lowest BCUT2D eigenvalue weighted by molar-refractivity contribution is -0.154. The summed E-state index contributed by atoms with van der Waals surface area (Å²) >= 11 is 0. The van der Waals surface area contributed by atoms with Crippen molar-refractivity contribution in [3.05, 3.63) is 24.3 Å². The number of hydrogen-bond donors (Lipinski definition) is 1. The van der Waals surface area contributed by atoms with Crippen molar-refractivity contribution in [2.24, 2.45) is 17.8 Å². The van der Waals surface area contributed by atoms with Crippen LogP contribution >= 0.6 is 0 Å². The van der Waals surface area contributed by atoms with Crippen LogP contribution in [0.5, 0.6) is 0 Å². The van der Waals surface area contributed by atoms with Gasteiger partial charge in [-0.1, -0.05) is 83.1 Å². The monoisotopic (exact) mass is 520 g/mol. The molecule has 0 spiro atoms. The fraction of sp³-hybridized carbons (Fsp3) is 0.812. The number of hydrogen-bond acceptors (Lipinski definition) is 5. The number of carbonyl (C=O) groups is 2. The standard InChI is InChI=1S/C32H56O5/c1-3-5-6-7-8-9-10-11-12-13-14-15-16-17-18-20-31(34)36-26-29(25-33)27-37-32(35)30-23-21-28(19-4-2)22-24-30/h8-9,11-12,28-30,33H,3-7,10,13-27H2,1-2H3/b9-8-,12-11-. The van der Waals surface area contributed by atoms with Crippen LogP contribution in [0.1, 0.15) is 129 Å². The number of rotatable bonds is 22. The zero-order valence-electron chi connectivity index (χ0n) is 24.0. The number of esters is 2. The van der Waals surface area contributed by atoms with Gasteiger partial charge in [0, 0.05) is 6.42 Å². The lowest BCUT2D eigenvalue weighted by Crippen LogP contribution is -2.28. The van der Waals surface area contributed by atoms with Crippen molar-refractivity contribution >= 4 is 11.9 Å². The zero-order chi connectivity index (χ0) is 27.0. The first kappa shape index (κ1) is 33.4. The molecular weight excluding hydrogens is 464 g/mol.